The van der Waals surface area contributed by atoms with E-state index < -0.39 is 24.3 Å². The van der Waals surface area contributed by atoms with Gasteiger partial charge in [-0.3, -0.25) is 4.90 Å². The number of aliphatic hydroxyl groups excluding tert-OH is 1. The molecule has 82 valence electrons. The second kappa shape index (κ2) is 4.95. The summed E-state index contributed by atoms with van der Waals surface area (Å²) in [5.41, 5.74) is -0.682. The van der Waals surface area contributed by atoms with Crippen LogP contribution in [-0.4, -0.2) is 39.4 Å². The maximum absolute atomic E-state index is 11.9. The number of aliphatic hydroxyl groups is 1. The molecule has 0 bridgehead atoms. The third kappa shape index (κ3) is 3.33. The molecular weight excluding hydrogens is 189 g/mol. The van der Waals surface area contributed by atoms with Crippen LogP contribution in [0, 0.1) is 0 Å². The summed E-state index contributed by atoms with van der Waals surface area (Å²) in [6.45, 7) is 4.59. The molecule has 14 heavy (non-hydrogen) atoms. The maximum atomic E-state index is 11.9. The van der Waals surface area contributed by atoms with Crippen molar-refractivity contribution in [2.45, 2.75) is 32.4 Å². The van der Waals surface area contributed by atoms with Gasteiger partial charge in [0.1, 0.15) is 0 Å². The number of carbonyl (C=O) groups is 1. The van der Waals surface area contributed by atoms with Gasteiger partial charge in [-0.25, -0.2) is 9.18 Å². The van der Waals surface area contributed by atoms with Crippen molar-refractivity contribution in [2.24, 2.45) is 0 Å². The second-order valence-corrected chi connectivity index (χ2v) is 3.89. The Balaban J connectivity index is 4.89. The Labute approximate surface area is 82.6 Å². The molecule has 1 unspecified atom stereocenters. The summed E-state index contributed by atoms with van der Waals surface area (Å²) >= 11 is 0. The number of rotatable bonds is 3. The molecule has 0 saturated carbocycles. The van der Waals surface area contributed by atoms with E-state index in [0.29, 0.717) is 0 Å². The zero-order valence-corrected chi connectivity index (χ0v) is 8.57. The Morgan fingerprint density at radius 1 is 1.57 bits per heavy atom. The van der Waals surface area contributed by atoms with Gasteiger partial charge < -0.3 is 10.2 Å². The number of halogens is 1. The smallest absolute Gasteiger partial charge is 0.408 e. The van der Waals surface area contributed by atoms with E-state index in [2.05, 4.69) is 0 Å². The minimum atomic E-state index is -1.19. The minimum absolute atomic E-state index is 0.239. The van der Waals surface area contributed by atoms with Crippen LogP contribution in [0.4, 0.5) is 9.18 Å². The van der Waals surface area contributed by atoms with E-state index in [9.17, 15) is 9.18 Å². The van der Waals surface area contributed by atoms with Gasteiger partial charge in [-0.2, -0.15) is 0 Å². The highest BCUT2D eigenvalue weighted by Gasteiger charge is 2.31. The van der Waals surface area contributed by atoms with Gasteiger partial charge in [0, 0.05) is 5.54 Å². The van der Waals surface area contributed by atoms with E-state index in [1.165, 1.54) is 0 Å². The van der Waals surface area contributed by atoms with Crippen LogP contribution in [0.1, 0.15) is 20.8 Å². The summed E-state index contributed by atoms with van der Waals surface area (Å²) in [7, 11) is 0. The van der Waals surface area contributed by atoms with Gasteiger partial charge in [-0.05, 0) is 26.8 Å². The van der Waals surface area contributed by atoms with E-state index in [0.717, 1.165) is 11.0 Å². The van der Waals surface area contributed by atoms with Crippen molar-refractivity contribution in [3.05, 3.63) is 12.4 Å². The lowest BCUT2D eigenvalue weighted by Crippen LogP contribution is -2.51. The van der Waals surface area contributed by atoms with Crippen LogP contribution in [0.5, 0.6) is 0 Å². The van der Waals surface area contributed by atoms with E-state index >= 15 is 0 Å². The average Bonchev–Trinajstić information content (AvgIpc) is 2.00. The van der Waals surface area contributed by atoms with Crippen LogP contribution in [0.2, 0.25) is 0 Å². The van der Waals surface area contributed by atoms with Crippen molar-refractivity contribution >= 4 is 6.09 Å². The van der Waals surface area contributed by atoms with Gasteiger partial charge in [0.2, 0.25) is 0 Å². The maximum Gasteiger partial charge on any atom is 0.408 e. The Morgan fingerprint density at radius 2 is 2.07 bits per heavy atom. The molecule has 0 heterocycles. The van der Waals surface area contributed by atoms with Crippen molar-refractivity contribution in [3.8, 4) is 0 Å². The van der Waals surface area contributed by atoms with E-state index in [-0.39, 0.29) is 6.33 Å². The Hall–Kier alpha value is -1.10. The summed E-state index contributed by atoms with van der Waals surface area (Å²) in [5.74, 6) is 0. The first kappa shape index (κ1) is 12.9. The van der Waals surface area contributed by atoms with Gasteiger partial charge in [0.05, 0.1) is 19.0 Å². The molecule has 0 fully saturated rings. The number of hydrogen-bond donors (Lipinski definition) is 2. The van der Waals surface area contributed by atoms with Gasteiger partial charge in [-0.1, -0.05) is 0 Å². The van der Waals surface area contributed by atoms with E-state index in [4.69, 9.17) is 10.2 Å². The van der Waals surface area contributed by atoms with Crippen LogP contribution in [-0.2, 0) is 0 Å². The zero-order valence-electron chi connectivity index (χ0n) is 8.57. The third-order valence-corrected chi connectivity index (χ3v) is 1.74. The molecule has 0 aromatic heterocycles. The predicted octanol–water partition coefficient (Wildman–Crippen LogP) is 1.61. The first-order chi connectivity index (χ1) is 6.34. The first-order valence-corrected chi connectivity index (χ1v) is 4.24. The summed E-state index contributed by atoms with van der Waals surface area (Å²) in [6, 6.07) is -0.850. The highest BCUT2D eigenvalue weighted by Crippen LogP contribution is 2.18. The summed E-state index contributed by atoms with van der Waals surface area (Å²) in [5, 5.41) is 17.8. The van der Waals surface area contributed by atoms with Crippen LogP contribution in [0.3, 0.4) is 0 Å². The molecule has 0 radical (unpaired) electrons. The average molecular weight is 205 g/mol. The van der Waals surface area contributed by atoms with Crippen LogP contribution in [0.25, 0.3) is 0 Å². The standard InChI is InChI=1S/C9H16FNO3/c1-9(2,3)11(8(13)14)7(6-12)4-5-10/h4-5,7,12H,6H2,1-3H3,(H,13,14)/b5-4+. The van der Waals surface area contributed by atoms with Crippen molar-refractivity contribution in [1.82, 2.24) is 4.90 Å². The lowest BCUT2D eigenvalue weighted by molar-refractivity contribution is 0.0625. The van der Waals surface area contributed by atoms with Crippen molar-refractivity contribution < 1.29 is 19.4 Å². The van der Waals surface area contributed by atoms with Crippen molar-refractivity contribution in [2.75, 3.05) is 6.61 Å². The fraction of sp³-hybridized carbons (Fsp3) is 0.667. The van der Waals surface area contributed by atoms with Gasteiger partial charge in [-0.15, -0.1) is 0 Å². The number of carboxylic acid groups (broad SMARTS) is 1. The molecule has 0 aromatic rings. The molecular formula is C9H16FNO3. The molecule has 0 aliphatic carbocycles. The zero-order chi connectivity index (χ0) is 11.4. The summed E-state index contributed by atoms with van der Waals surface area (Å²) < 4.78 is 11.9. The fourth-order valence-corrected chi connectivity index (χ4v) is 1.24. The molecule has 0 aliphatic rings. The Kier molecular flexibility index (Phi) is 4.56. The van der Waals surface area contributed by atoms with Crippen molar-refractivity contribution in [3.63, 3.8) is 0 Å². The lowest BCUT2D eigenvalue weighted by atomic mass is 10.0. The summed E-state index contributed by atoms with van der Waals surface area (Å²) in [4.78, 5) is 11.9. The van der Waals surface area contributed by atoms with Crippen LogP contribution in [0.15, 0.2) is 12.4 Å². The van der Waals surface area contributed by atoms with Gasteiger partial charge in [0.25, 0.3) is 0 Å². The van der Waals surface area contributed by atoms with Gasteiger partial charge >= 0.3 is 6.09 Å². The predicted molar refractivity (Wildman–Crippen MR) is 50.7 cm³/mol. The summed E-state index contributed by atoms with van der Waals surface area (Å²) in [6.07, 6.45) is 0.0664. The first-order valence-electron chi connectivity index (χ1n) is 4.24. The fourth-order valence-electron chi connectivity index (χ4n) is 1.24. The topological polar surface area (TPSA) is 60.8 Å². The largest absolute Gasteiger partial charge is 0.465 e. The number of nitrogens with zero attached hydrogens (tertiary/aromatic N) is 1. The molecule has 1 amide bonds. The third-order valence-electron chi connectivity index (χ3n) is 1.74. The molecule has 5 heteroatoms. The number of amides is 1. The quantitative estimate of drug-likeness (QED) is 0.735. The molecule has 0 aliphatic heterocycles. The van der Waals surface area contributed by atoms with E-state index in [1.54, 1.807) is 20.8 Å². The Morgan fingerprint density at radius 3 is 2.29 bits per heavy atom. The molecule has 1 atom stereocenters. The minimum Gasteiger partial charge on any atom is -0.465 e. The molecule has 0 aromatic carbocycles. The SMILES string of the molecule is CC(C)(C)N(C(=O)O)C(/C=C/F)CO. The monoisotopic (exact) mass is 205 g/mol. The highest BCUT2D eigenvalue weighted by molar-refractivity contribution is 5.66. The molecule has 0 spiro atoms. The molecule has 0 saturated heterocycles. The van der Waals surface area contributed by atoms with Crippen molar-refractivity contribution in [1.29, 1.82) is 0 Å². The van der Waals surface area contributed by atoms with E-state index in [1.807, 2.05) is 0 Å². The Bertz CT molecular complexity index is 223. The highest BCUT2D eigenvalue weighted by atomic mass is 19.1. The van der Waals surface area contributed by atoms with Crippen LogP contribution < -0.4 is 0 Å². The van der Waals surface area contributed by atoms with Gasteiger partial charge in [0.15, 0.2) is 0 Å². The second-order valence-electron chi connectivity index (χ2n) is 3.89. The van der Waals surface area contributed by atoms with Crippen LogP contribution >= 0.6 is 0 Å². The normalized spacial score (nSPS) is 14.4. The molecule has 4 nitrogen and oxygen atoms in total. The lowest BCUT2D eigenvalue weighted by Gasteiger charge is -2.37. The number of hydrogen-bond acceptors (Lipinski definition) is 2. The molecule has 2 N–H and O–H groups in total. The molecule has 0 rings (SSSR count).